The van der Waals surface area contributed by atoms with E-state index < -0.39 is 11.9 Å². The lowest BCUT2D eigenvalue weighted by molar-refractivity contribution is -0.128. The molecule has 3 rings (SSSR count). The van der Waals surface area contributed by atoms with Crippen LogP contribution in [0.25, 0.3) is 6.08 Å². The highest BCUT2D eigenvalue weighted by Gasteiger charge is 2.07. The van der Waals surface area contributed by atoms with E-state index in [2.05, 4.69) is 15.8 Å². The molecule has 32 heavy (non-hydrogen) atoms. The first-order valence-electron chi connectivity index (χ1n) is 9.76. The third kappa shape index (κ3) is 6.77. The normalized spacial score (nSPS) is 10.8. The molecule has 3 aromatic rings. The Morgan fingerprint density at radius 2 is 1.56 bits per heavy atom. The molecule has 0 aromatic heterocycles. The highest BCUT2D eigenvalue weighted by atomic mass is 16.5. The van der Waals surface area contributed by atoms with Crippen molar-refractivity contribution in [3.8, 4) is 5.75 Å². The van der Waals surface area contributed by atoms with Crippen LogP contribution in [0.3, 0.4) is 0 Å². The Labute approximate surface area is 185 Å². The van der Waals surface area contributed by atoms with E-state index in [0.29, 0.717) is 22.6 Å². The molecule has 7 heteroatoms. The second kappa shape index (κ2) is 11.0. The standard InChI is InChI=1S/C25H21N3O4/c1-18(29)27-22-14-12-20(13-15-22)25(31)28-26-17-21-9-5-6-10-23(21)32-24(30)16-11-19-7-3-2-4-8-19/h2-17H,1H3,(H,27,29)(H,28,31)/b16-11+,26-17-. The van der Waals surface area contributed by atoms with E-state index in [-0.39, 0.29) is 5.91 Å². The van der Waals surface area contributed by atoms with Crippen LogP contribution in [-0.4, -0.2) is 24.0 Å². The summed E-state index contributed by atoms with van der Waals surface area (Å²) in [5, 5.41) is 6.58. The van der Waals surface area contributed by atoms with Crippen LogP contribution in [0.2, 0.25) is 0 Å². The molecule has 0 radical (unpaired) electrons. The Hall–Kier alpha value is -4.52. The van der Waals surface area contributed by atoms with Crippen molar-refractivity contribution in [2.45, 2.75) is 6.92 Å². The maximum absolute atomic E-state index is 12.2. The average molecular weight is 427 g/mol. The smallest absolute Gasteiger partial charge is 0.336 e. The molecular weight excluding hydrogens is 406 g/mol. The summed E-state index contributed by atoms with van der Waals surface area (Å²) in [6, 6.07) is 22.6. The molecule has 0 atom stereocenters. The number of carbonyl (C=O) groups is 3. The Bertz CT molecular complexity index is 1150. The molecule has 0 fully saturated rings. The quantitative estimate of drug-likeness (QED) is 0.196. The third-order valence-electron chi connectivity index (χ3n) is 4.18. The van der Waals surface area contributed by atoms with Crippen molar-refractivity contribution in [2.24, 2.45) is 5.10 Å². The van der Waals surface area contributed by atoms with Gasteiger partial charge in [0.05, 0.1) is 6.21 Å². The first kappa shape index (κ1) is 22.2. The molecule has 160 valence electrons. The molecule has 0 saturated heterocycles. The van der Waals surface area contributed by atoms with Crippen molar-refractivity contribution in [3.05, 3.63) is 102 Å². The summed E-state index contributed by atoms with van der Waals surface area (Å²) in [6.07, 6.45) is 4.40. The zero-order valence-corrected chi connectivity index (χ0v) is 17.3. The summed E-state index contributed by atoms with van der Waals surface area (Å²) in [7, 11) is 0. The van der Waals surface area contributed by atoms with Crippen molar-refractivity contribution in [2.75, 3.05) is 5.32 Å². The Kier molecular flexibility index (Phi) is 7.64. The summed E-state index contributed by atoms with van der Waals surface area (Å²) in [5.74, 6) is -0.830. The molecule has 2 amide bonds. The van der Waals surface area contributed by atoms with E-state index in [0.717, 1.165) is 5.56 Å². The number of anilines is 1. The van der Waals surface area contributed by atoms with Crippen LogP contribution < -0.4 is 15.5 Å². The number of esters is 1. The summed E-state index contributed by atoms with van der Waals surface area (Å²) < 4.78 is 5.39. The van der Waals surface area contributed by atoms with Gasteiger partial charge in [0.2, 0.25) is 5.91 Å². The monoisotopic (exact) mass is 427 g/mol. The van der Waals surface area contributed by atoms with E-state index in [1.54, 1.807) is 54.6 Å². The number of para-hydroxylation sites is 1. The van der Waals surface area contributed by atoms with Crippen LogP contribution in [0, 0.1) is 0 Å². The molecule has 0 saturated carbocycles. The fourth-order valence-electron chi connectivity index (χ4n) is 2.68. The molecular formula is C25H21N3O4. The van der Waals surface area contributed by atoms with Gasteiger partial charge in [-0.15, -0.1) is 0 Å². The summed E-state index contributed by atoms with van der Waals surface area (Å²) >= 11 is 0. The number of rotatable bonds is 7. The fourth-order valence-corrected chi connectivity index (χ4v) is 2.68. The molecule has 7 nitrogen and oxygen atoms in total. The lowest BCUT2D eigenvalue weighted by atomic mass is 10.2. The van der Waals surface area contributed by atoms with Crippen LogP contribution in [0.15, 0.2) is 90.0 Å². The van der Waals surface area contributed by atoms with E-state index >= 15 is 0 Å². The van der Waals surface area contributed by atoms with Crippen LogP contribution in [0.1, 0.15) is 28.4 Å². The van der Waals surface area contributed by atoms with E-state index in [1.165, 1.54) is 19.2 Å². The Morgan fingerprint density at radius 1 is 0.875 bits per heavy atom. The lowest BCUT2D eigenvalue weighted by Gasteiger charge is -2.06. The van der Waals surface area contributed by atoms with E-state index in [1.807, 2.05) is 30.3 Å². The van der Waals surface area contributed by atoms with Crippen LogP contribution in [0.4, 0.5) is 5.69 Å². The maximum atomic E-state index is 12.2. The number of hydrogen-bond acceptors (Lipinski definition) is 5. The molecule has 0 aliphatic rings. The summed E-state index contributed by atoms with van der Waals surface area (Å²) in [6.45, 7) is 1.41. The first-order valence-corrected chi connectivity index (χ1v) is 9.76. The van der Waals surface area contributed by atoms with Gasteiger partial charge in [0.25, 0.3) is 5.91 Å². The number of nitrogens with one attached hydrogen (secondary N) is 2. The number of hydrogen-bond donors (Lipinski definition) is 2. The third-order valence-corrected chi connectivity index (χ3v) is 4.18. The number of nitrogens with zero attached hydrogens (tertiary/aromatic N) is 1. The number of benzene rings is 3. The Balaban J connectivity index is 1.60. The zero-order chi connectivity index (χ0) is 22.8. The van der Waals surface area contributed by atoms with Gasteiger partial charge in [-0.3, -0.25) is 9.59 Å². The lowest BCUT2D eigenvalue weighted by Crippen LogP contribution is -2.17. The van der Waals surface area contributed by atoms with E-state index in [4.69, 9.17) is 4.74 Å². The van der Waals surface area contributed by atoms with Gasteiger partial charge < -0.3 is 10.1 Å². The van der Waals surface area contributed by atoms with Gasteiger partial charge in [0.15, 0.2) is 0 Å². The largest absolute Gasteiger partial charge is 0.423 e. The highest BCUT2D eigenvalue weighted by molar-refractivity contribution is 5.96. The summed E-state index contributed by atoms with van der Waals surface area (Å²) in [5.41, 5.74) is 4.80. The number of carbonyl (C=O) groups excluding carboxylic acids is 3. The number of hydrazone groups is 1. The minimum atomic E-state index is -0.530. The second-order valence-electron chi connectivity index (χ2n) is 6.66. The maximum Gasteiger partial charge on any atom is 0.336 e. The van der Waals surface area contributed by atoms with Crippen molar-refractivity contribution < 1.29 is 19.1 Å². The number of ether oxygens (including phenoxy) is 1. The molecule has 3 aromatic carbocycles. The SMILES string of the molecule is CC(=O)Nc1ccc(C(=O)N/N=C\c2ccccc2OC(=O)/C=C/c2ccccc2)cc1. The van der Waals surface area contributed by atoms with Gasteiger partial charge in [-0.25, -0.2) is 10.2 Å². The van der Waals surface area contributed by atoms with Crippen LogP contribution in [0.5, 0.6) is 5.75 Å². The van der Waals surface area contributed by atoms with Gasteiger partial charge in [0.1, 0.15) is 5.75 Å². The van der Waals surface area contributed by atoms with Gasteiger partial charge in [-0.1, -0.05) is 42.5 Å². The molecule has 0 heterocycles. The predicted octanol–water partition coefficient (Wildman–Crippen LogP) is 4.03. The van der Waals surface area contributed by atoms with Crippen molar-refractivity contribution in [1.82, 2.24) is 5.43 Å². The second-order valence-corrected chi connectivity index (χ2v) is 6.66. The van der Waals surface area contributed by atoms with Crippen molar-refractivity contribution >= 4 is 35.8 Å². The first-order chi connectivity index (χ1) is 15.5. The van der Waals surface area contributed by atoms with Crippen molar-refractivity contribution in [3.63, 3.8) is 0 Å². The average Bonchev–Trinajstić information content (AvgIpc) is 2.79. The van der Waals surface area contributed by atoms with Gasteiger partial charge >= 0.3 is 5.97 Å². The zero-order valence-electron chi connectivity index (χ0n) is 17.3. The van der Waals surface area contributed by atoms with Gasteiger partial charge in [0, 0.05) is 29.8 Å². The van der Waals surface area contributed by atoms with Crippen LogP contribution in [-0.2, 0) is 9.59 Å². The molecule has 0 bridgehead atoms. The minimum Gasteiger partial charge on any atom is -0.423 e. The Morgan fingerprint density at radius 3 is 2.28 bits per heavy atom. The molecule has 0 spiro atoms. The topological polar surface area (TPSA) is 96.9 Å². The van der Waals surface area contributed by atoms with Crippen LogP contribution >= 0.6 is 0 Å². The molecule has 0 aliphatic carbocycles. The van der Waals surface area contributed by atoms with Gasteiger partial charge in [-0.05, 0) is 48.0 Å². The summed E-state index contributed by atoms with van der Waals surface area (Å²) in [4.78, 5) is 35.5. The fraction of sp³-hybridized carbons (Fsp3) is 0.0400. The van der Waals surface area contributed by atoms with Gasteiger partial charge in [-0.2, -0.15) is 5.10 Å². The molecule has 2 N–H and O–H groups in total. The molecule has 0 aliphatic heterocycles. The van der Waals surface area contributed by atoms with Crippen molar-refractivity contribution in [1.29, 1.82) is 0 Å². The minimum absolute atomic E-state index is 0.193. The van der Waals surface area contributed by atoms with E-state index in [9.17, 15) is 14.4 Å². The predicted molar refractivity (Wildman–Crippen MR) is 123 cm³/mol. The highest BCUT2D eigenvalue weighted by Crippen LogP contribution is 2.16. The number of amides is 2. The molecule has 0 unspecified atom stereocenters.